The minimum absolute atomic E-state index is 0.0663. The van der Waals surface area contributed by atoms with Crippen LogP contribution in [0.5, 0.6) is 11.5 Å². The normalized spacial score (nSPS) is 22.5. The van der Waals surface area contributed by atoms with Crippen molar-refractivity contribution in [3.8, 4) is 11.5 Å². The molecule has 1 aromatic rings. The van der Waals surface area contributed by atoms with Gasteiger partial charge < -0.3 is 15.2 Å². The molecule has 0 bridgehead atoms. The number of rotatable bonds is 2. The van der Waals surface area contributed by atoms with E-state index < -0.39 is 0 Å². The van der Waals surface area contributed by atoms with Crippen LogP contribution in [-0.4, -0.2) is 19.8 Å². The van der Waals surface area contributed by atoms with E-state index in [0.717, 1.165) is 73.8 Å². The summed E-state index contributed by atoms with van der Waals surface area (Å²) in [5.41, 5.74) is 10.1. The fourth-order valence-corrected chi connectivity index (χ4v) is 4.91. The van der Waals surface area contributed by atoms with Gasteiger partial charge in [0.1, 0.15) is 11.5 Å². The van der Waals surface area contributed by atoms with E-state index in [1.54, 1.807) is 0 Å². The number of hydrogen-bond donors (Lipinski definition) is 1. The summed E-state index contributed by atoms with van der Waals surface area (Å²) in [4.78, 5) is 0. The molecule has 2 heterocycles. The number of fused-ring (bicyclic) bond motifs is 2. The van der Waals surface area contributed by atoms with Gasteiger partial charge >= 0.3 is 0 Å². The molecule has 1 aliphatic carbocycles. The van der Waals surface area contributed by atoms with Crippen LogP contribution >= 0.6 is 11.6 Å². The first-order valence-electron chi connectivity index (χ1n) is 8.60. The molecule has 3 aliphatic rings. The Morgan fingerprint density at radius 3 is 2.23 bits per heavy atom. The van der Waals surface area contributed by atoms with Crippen molar-refractivity contribution in [3.63, 3.8) is 0 Å². The third-order valence-corrected chi connectivity index (χ3v) is 6.06. The van der Waals surface area contributed by atoms with Crippen LogP contribution in [0.1, 0.15) is 55.2 Å². The molecular formula is C18H24ClNO2. The van der Waals surface area contributed by atoms with Crippen molar-refractivity contribution in [2.45, 2.75) is 56.8 Å². The summed E-state index contributed by atoms with van der Waals surface area (Å²) in [7, 11) is 0. The van der Waals surface area contributed by atoms with E-state index in [1.165, 1.54) is 24.0 Å². The third kappa shape index (κ3) is 2.05. The van der Waals surface area contributed by atoms with Gasteiger partial charge in [0, 0.05) is 28.7 Å². The predicted molar refractivity (Wildman–Crippen MR) is 88.3 cm³/mol. The zero-order valence-corrected chi connectivity index (χ0v) is 13.8. The van der Waals surface area contributed by atoms with E-state index in [1.807, 2.05) is 0 Å². The van der Waals surface area contributed by atoms with E-state index in [0.29, 0.717) is 6.54 Å². The Kier molecular flexibility index (Phi) is 3.74. The molecule has 22 heavy (non-hydrogen) atoms. The van der Waals surface area contributed by atoms with Gasteiger partial charge in [-0.1, -0.05) is 24.4 Å². The van der Waals surface area contributed by atoms with Crippen LogP contribution in [-0.2, 0) is 18.3 Å². The first-order chi connectivity index (χ1) is 10.8. The Labute approximate surface area is 137 Å². The first-order valence-corrected chi connectivity index (χ1v) is 8.98. The molecule has 4 heteroatoms. The third-order valence-electron chi connectivity index (χ3n) is 5.66. The Balaban J connectivity index is 1.99. The summed E-state index contributed by atoms with van der Waals surface area (Å²) in [5.74, 6) is 1.97. The average molecular weight is 322 g/mol. The van der Waals surface area contributed by atoms with Gasteiger partial charge in [0.2, 0.25) is 0 Å². The van der Waals surface area contributed by atoms with Gasteiger partial charge in [-0.3, -0.25) is 0 Å². The zero-order chi connectivity index (χ0) is 15.2. The number of halogens is 1. The van der Waals surface area contributed by atoms with Crippen LogP contribution in [0.3, 0.4) is 0 Å². The quantitative estimate of drug-likeness (QED) is 0.902. The molecule has 0 saturated heterocycles. The minimum atomic E-state index is 0.0663. The van der Waals surface area contributed by atoms with Gasteiger partial charge in [0.15, 0.2) is 0 Å². The van der Waals surface area contributed by atoms with Gasteiger partial charge in [-0.15, -0.1) is 0 Å². The molecule has 0 radical (unpaired) electrons. The monoisotopic (exact) mass is 321 g/mol. The lowest BCUT2D eigenvalue weighted by molar-refractivity contribution is 0.260. The summed E-state index contributed by atoms with van der Waals surface area (Å²) in [6.45, 7) is 2.24. The Morgan fingerprint density at radius 1 is 0.909 bits per heavy atom. The van der Waals surface area contributed by atoms with Crippen molar-refractivity contribution in [3.05, 3.63) is 21.7 Å². The van der Waals surface area contributed by atoms with Crippen LogP contribution in [0.4, 0.5) is 0 Å². The van der Waals surface area contributed by atoms with Crippen LogP contribution < -0.4 is 15.2 Å². The lowest BCUT2D eigenvalue weighted by Gasteiger charge is -2.37. The summed E-state index contributed by atoms with van der Waals surface area (Å²) < 4.78 is 12.1. The van der Waals surface area contributed by atoms with Gasteiger partial charge in [-0.05, 0) is 38.5 Å². The molecule has 3 nitrogen and oxygen atoms in total. The average Bonchev–Trinajstić information content (AvgIpc) is 3.05. The molecule has 1 saturated carbocycles. The maximum Gasteiger partial charge on any atom is 0.141 e. The molecule has 1 fully saturated rings. The highest BCUT2D eigenvalue weighted by Gasteiger charge is 2.42. The first kappa shape index (κ1) is 14.6. The van der Waals surface area contributed by atoms with Crippen molar-refractivity contribution in [1.82, 2.24) is 0 Å². The number of nitrogens with two attached hydrogens (primary N) is 1. The highest BCUT2D eigenvalue weighted by atomic mass is 35.5. The fraction of sp³-hybridized carbons (Fsp3) is 0.667. The number of ether oxygens (including phenoxy) is 2. The standard InChI is InChI=1S/C18H24ClNO2/c19-15-13-6-4-9-21-16(13)14(12-5-3-10-22-17(12)15)18(11-20)7-1-2-8-18/h1-11,20H2. The highest BCUT2D eigenvalue weighted by Crippen LogP contribution is 2.53. The van der Waals surface area contributed by atoms with E-state index in [2.05, 4.69) is 0 Å². The van der Waals surface area contributed by atoms with Crippen LogP contribution in [0.15, 0.2) is 0 Å². The van der Waals surface area contributed by atoms with Crippen molar-refractivity contribution in [1.29, 1.82) is 0 Å². The van der Waals surface area contributed by atoms with Crippen molar-refractivity contribution >= 4 is 11.6 Å². The molecule has 0 spiro atoms. The van der Waals surface area contributed by atoms with E-state index >= 15 is 0 Å². The molecule has 120 valence electrons. The summed E-state index contributed by atoms with van der Waals surface area (Å²) in [6, 6.07) is 0. The molecule has 0 amide bonds. The van der Waals surface area contributed by atoms with Crippen molar-refractivity contribution < 1.29 is 9.47 Å². The van der Waals surface area contributed by atoms with E-state index in [9.17, 15) is 0 Å². The highest BCUT2D eigenvalue weighted by molar-refractivity contribution is 6.33. The smallest absolute Gasteiger partial charge is 0.141 e. The van der Waals surface area contributed by atoms with Gasteiger partial charge in [0.05, 0.1) is 18.2 Å². The molecule has 0 aromatic heterocycles. The number of benzene rings is 1. The summed E-state index contributed by atoms with van der Waals surface area (Å²) in [5, 5.41) is 0.790. The van der Waals surface area contributed by atoms with Crippen LogP contribution in [0.25, 0.3) is 0 Å². The SMILES string of the molecule is NCC1(c2c3c(c(Cl)c4c2OCCC4)OCCC3)CCCC1. The molecule has 2 aliphatic heterocycles. The number of hydrogen-bond acceptors (Lipinski definition) is 3. The maximum atomic E-state index is 6.68. The summed E-state index contributed by atoms with van der Waals surface area (Å²) >= 11 is 6.68. The topological polar surface area (TPSA) is 44.5 Å². The molecule has 1 aromatic carbocycles. The molecular weight excluding hydrogens is 298 g/mol. The van der Waals surface area contributed by atoms with E-state index in [4.69, 9.17) is 26.8 Å². The lowest BCUT2D eigenvalue weighted by Crippen LogP contribution is -2.35. The summed E-state index contributed by atoms with van der Waals surface area (Å²) in [6.07, 6.45) is 8.92. The molecule has 0 atom stereocenters. The van der Waals surface area contributed by atoms with Crippen molar-refractivity contribution in [2.75, 3.05) is 19.8 Å². The molecule has 0 unspecified atom stereocenters. The molecule has 4 rings (SSSR count). The lowest BCUT2D eigenvalue weighted by atomic mass is 9.73. The predicted octanol–water partition coefficient (Wildman–Crippen LogP) is 3.76. The minimum Gasteiger partial charge on any atom is -0.493 e. The zero-order valence-electron chi connectivity index (χ0n) is 13.0. The second-order valence-corrected chi connectivity index (χ2v) is 7.28. The van der Waals surface area contributed by atoms with Crippen LogP contribution in [0, 0.1) is 0 Å². The second-order valence-electron chi connectivity index (χ2n) is 6.90. The second kappa shape index (κ2) is 5.61. The van der Waals surface area contributed by atoms with Gasteiger partial charge in [-0.25, -0.2) is 0 Å². The van der Waals surface area contributed by atoms with E-state index in [-0.39, 0.29) is 5.41 Å². The fourth-order valence-electron chi connectivity index (χ4n) is 4.56. The van der Waals surface area contributed by atoms with Gasteiger partial charge in [0.25, 0.3) is 0 Å². The maximum absolute atomic E-state index is 6.68. The molecule has 2 N–H and O–H groups in total. The Morgan fingerprint density at radius 2 is 1.55 bits per heavy atom. The largest absolute Gasteiger partial charge is 0.493 e. The Hall–Kier alpha value is -0.930. The van der Waals surface area contributed by atoms with Gasteiger partial charge in [-0.2, -0.15) is 0 Å². The van der Waals surface area contributed by atoms with Crippen molar-refractivity contribution in [2.24, 2.45) is 5.73 Å². The Bertz CT molecular complexity index is 556. The van der Waals surface area contributed by atoms with Crippen LogP contribution in [0.2, 0.25) is 5.02 Å².